The van der Waals surface area contributed by atoms with Crippen molar-refractivity contribution in [2.45, 2.75) is 59.3 Å². The molecule has 2 nitrogen and oxygen atoms in total. The summed E-state index contributed by atoms with van der Waals surface area (Å²) < 4.78 is 15.0. The number of aryl methyl sites for hydroxylation is 2. The van der Waals surface area contributed by atoms with Crippen LogP contribution < -0.4 is 10.2 Å². The minimum Gasteiger partial charge on any atom is -0.388 e. The number of hydrogen-bond donors (Lipinski definition) is 1. The van der Waals surface area contributed by atoms with Gasteiger partial charge < -0.3 is 10.2 Å². The van der Waals surface area contributed by atoms with Crippen molar-refractivity contribution in [3.63, 3.8) is 0 Å². The van der Waals surface area contributed by atoms with Gasteiger partial charge in [-0.15, -0.1) is 0 Å². The van der Waals surface area contributed by atoms with Crippen LogP contribution in [0.1, 0.15) is 62.6 Å². The van der Waals surface area contributed by atoms with Gasteiger partial charge in [0.1, 0.15) is 5.82 Å². The molecule has 0 bridgehead atoms. The first-order valence-electron chi connectivity index (χ1n) is 12.0. The standard InChI is InChI=1S/C29H37FN2/c1-20(2)23-18-21(3)28(26(30)19-23)32-16-14-29(4,15-17-32)13-12-22-8-6-10-25-24(22)9-7-11-27(25)31-5/h6-11,18-20,31H,12-17H2,1-5H3. The lowest BCUT2D eigenvalue weighted by molar-refractivity contribution is 0.228. The Balaban J connectivity index is 1.45. The molecular weight excluding hydrogens is 395 g/mol. The first-order chi connectivity index (χ1) is 15.3. The molecule has 3 aromatic carbocycles. The molecule has 0 aromatic heterocycles. The van der Waals surface area contributed by atoms with E-state index in [-0.39, 0.29) is 5.82 Å². The molecule has 3 heteroatoms. The van der Waals surface area contributed by atoms with Crippen LogP contribution in [0.3, 0.4) is 0 Å². The van der Waals surface area contributed by atoms with Crippen LogP contribution in [0.5, 0.6) is 0 Å². The highest BCUT2D eigenvalue weighted by atomic mass is 19.1. The predicted octanol–water partition coefficient (Wildman–Crippen LogP) is 7.69. The molecule has 1 N–H and O–H groups in total. The molecule has 3 aromatic rings. The Morgan fingerprint density at radius 3 is 2.38 bits per heavy atom. The van der Waals surface area contributed by atoms with Gasteiger partial charge in [-0.25, -0.2) is 4.39 Å². The summed E-state index contributed by atoms with van der Waals surface area (Å²) in [5.74, 6) is 0.286. The average Bonchev–Trinajstić information content (AvgIpc) is 2.78. The first kappa shape index (κ1) is 22.6. The molecule has 1 aliphatic rings. The molecule has 32 heavy (non-hydrogen) atoms. The van der Waals surface area contributed by atoms with Gasteiger partial charge >= 0.3 is 0 Å². The van der Waals surface area contributed by atoms with Gasteiger partial charge in [0.15, 0.2) is 0 Å². The van der Waals surface area contributed by atoms with E-state index in [1.807, 2.05) is 7.05 Å². The van der Waals surface area contributed by atoms with E-state index in [4.69, 9.17) is 0 Å². The van der Waals surface area contributed by atoms with Crippen LogP contribution in [0.4, 0.5) is 15.8 Å². The predicted molar refractivity (Wildman–Crippen MR) is 137 cm³/mol. The van der Waals surface area contributed by atoms with E-state index < -0.39 is 0 Å². The van der Waals surface area contributed by atoms with Crippen LogP contribution in [0.25, 0.3) is 10.8 Å². The van der Waals surface area contributed by atoms with E-state index in [2.05, 4.69) is 80.4 Å². The number of hydrogen-bond acceptors (Lipinski definition) is 2. The van der Waals surface area contributed by atoms with Crippen LogP contribution in [0.2, 0.25) is 0 Å². The number of anilines is 2. The third-order valence-corrected chi connectivity index (χ3v) is 7.51. The van der Waals surface area contributed by atoms with Gasteiger partial charge in [0.05, 0.1) is 5.69 Å². The van der Waals surface area contributed by atoms with Crippen LogP contribution in [0.15, 0.2) is 48.5 Å². The summed E-state index contributed by atoms with van der Waals surface area (Å²) in [5, 5.41) is 5.96. The number of benzene rings is 3. The van der Waals surface area contributed by atoms with Crippen molar-refractivity contribution in [3.8, 4) is 0 Å². The molecule has 1 saturated heterocycles. The van der Waals surface area contributed by atoms with Crippen molar-refractivity contribution in [3.05, 3.63) is 71.0 Å². The quantitative estimate of drug-likeness (QED) is 0.429. The molecule has 0 saturated carbocycles. The van der Waals surface area contributed by atoms with Crippen LogP contribution in [0, 0.1) is 18.2 Å². The van der Waals surface area contributed by atoms with Crippen LogP contribution >= 0.6 is 0 Å². The molecule has 1 fully saturated rings. The second kappa shape index (κ2) is 9.13. The van der Waals surface area contributed by atoms with E-state index in [1.165, 1.54) is 22.0 Å². The number of halogens is 1. The fourth-order valence-electron chi connectivity index (χ4n) is 5.26. The SMILES string of the molecule is CNc1cccc2c(CCC3(C)CCN(c4c(C)cc(C(C)C)cc4F)CC3)cccc12. The molecule has 0 amide bonds. The Kier molecular flexibility index (Phi) is 6.46. The smallest absolute Gasteiger partial charge is 0.147 e. The Hall–Kier alpha value is -2.55. The van der Waals surface area contributed by atoms with Crippen molar-refractivity contribution in [2.75, 3.05) is 30.4 Å². The lowest BCUT2D eigenvalue weighted by Crippen LogP contribution is -2.39. The second-order valence-electron chi connectivity index (χ2n) is 10.2. The van der Waals surface area contributed by atoms with Crippen molar-refractivity contribution < 1.29 is 4.39 Å². The van der Waals surface area contributed by atoms with Crippen molar-refractivity contribution in [1.29, 1.82) is 0 Å². The fraction of sp³-hybridized carbons (Fsp3) is 0.448. The van der Waals surface area contributed by atoms with E-state index in [0.717, 1.165) is 55.6 Å². The summed E-state index contributed by atoms with van der Waals surface area (Å²) >= 11 is 0. The fourth-order valence-corrected chi connectivity index (χ4v) is 5.26. The lowest BCUT2D eigenvalue weighted by atomic mass is 9.75. The Bertz CT molecular complexity index is 1070. The highest BCUT2D eigenvalue weighted by Crippen LogP contribution is 2.39. The van der Waals surface area contributed by atoms with Crippen molar-refractivity contribution in [2.24, 2.45) is 5.41 Å². The van der Waals surface area contributed by atoms with Gasteiger partial charge in [-0.05, 0) is 78.1 Å². The topological polar surface area (TPSA) is 15.3 Å². The average molecular weight is 433 g/mol. The summed E-state index contributed by atoms with van der Waals surface area (Å²) in [6, 6.07) is 17.1. The van der Waals surface area contributed by atoms with Gasteiger partial charge in [-0.1, -0.05) is 57.2 Å². The van der Waals surface area contributed by atoms with E-state index in [1.54, 1.807) is 6.07 Å². The minimum atomic E-state index is -0.0617. The van der Waals surface area contributed by atoms with Crippen molar-refractivity contribution in [1.82, 2.24) is 0 Å². The first-order valence-corrected chi connectivity index (χ1v) is 12.0. The molecule has 0 unspecified atom stereocenters. The van der Waals surface area contributed by atoms with Crippen LogP contribution in [-0.4, -0.2) is 20.1 Å². The van der Waals surface area contributed by atoms with Gasteiger partial charge in [0, 0.05) is 31.2 Å². The lowest BCUT2D eigenvalue weighted by Gasteiger charge is -2.41. The summed E-state index contributed by atoms with van der Waals surface area (Å²) in [6.07, 6.45) is 4.45. The number of nitrogens with zero attached hydrogens (tertiary/aromatic N) is 1. The number of fused-ring (bicyclic) bond motifs is 1. The van der Waals surface area contributed by atoms with Crippen LogP contribution in [-0.2, 0) is 6.42 Å². The Labute approximate surface area is 192 Å². The van der Waals surface area contributed by atoms with E-state index in [9.17, 15) is 4.39 Å². The normalized spacial score (nSPS) is 16.0. The summed E-state index contributed by atoms with van der Waals surface area (Å²) in [7, 11) is 1.98. The third kappa shape index (κ3) is 4.48. The number of nitrogens with one attached hydrogen (secondary N) is 1. The molecule has 170 valence electrons. The van der Waals surface area contributed by atoms with Gasteiger partial charge in [-0.2, -0.15) is 0 Å². The summed E-state index contributed by atoms with van der Waals surface area (Å²) in [5.41, 5.74) is 5.86. The Morgan fingerprint density at radius 1 is 1.03 bits per heavy atom. The largest absolute Gasteiger partial charge is 0.388 e. The maximum atomic E-state index is 15.0. The maximum Gasteiger partial charge on any atom is 0.147 e. The van der Waals surface area contributed by atoms with E-state index in [0.29, 0.717) is 11.3 Å². The minimum absolute atomic E-state index is 0.0617. The molecule has 1 aliphatic heterocycles. The Morgan fingerprint density at radius 2 is 1.72 bits per heavy atom. The summed E-state index contributed by atoms with van der Waals surface area (Å²) in [4.78, 5) is 2.27. The molecule has 4 rings (SSSR count). The number of rotatable bonds is 6. The molecule has 0 aliphatic carbocycles. The maximum absolute atomic E-state index is 15.0. The molecule has 1 heterocycles. The third-order valence-electron chi connectivity index (χ3n) is 7.51. The number of piperidine rings is 1. The van der Waals surface area contributed by atoms with Gasteiger partial charge in [0.25, 0.3) is 0 Å². The highest BCUT2D eigenvalue weighted by Gasteiger charge is 2.31. The van der Waals surface area contributed by atoms with Crippen molar-refractivity contribution >= 4 is 22.1 Å². The van der Waals surface area contributed by atoms with Gasteiger partial charge in [0.2, 0.25) is 0 Å². The second-order valence-corrected chi connectivity index (χ2v) is 10.2. The summed E-state index contributed by atoms with van der Waals surface area (Å²) in [6.45, 7) is 10.6. The zero-order valence-electron chi connectivity index (χ0n) is 20.3. The van der Waals surface area contributed by atoms with E-state index >= 15 is 0 Å². The molecule has 0 spiro atoms. The monoisotopic (exact) mass is 432 g/mol. The zero-order valence-corrected chi connectivity index (χ0v) is 20.3. The molecular formula is C29H37FN2. The zero-order chi connectivity index (χ0) is 22.9. The molecule has 0 radical (unpaired) electrons. The van der Waals surface area contributed by atoms with Gasteiger partial charge in [-0.3, -0.25) is 0 Å². The molecule has 0 atom stereocenters. The highest BCUT2D eigenvalue weighted by molar-refractivity contribution is 5.95.